The topological polar surface area (TPSA) is 86.7 Å². The van der Waals surface area contributed by atoms with E-state index in [1.165, 1.54) is 6.92 Å². The number of nitrogens with one attached hydrogen (secondary N) is 1. The fourth-order valence-electron chi connectivity index (χ4n) is 2.59. The standard InChI is InChI=1S/C21H24N2O4/c1-4-14(2)23(21(27)22-15(3)20(25)26)19(24)18-12-8-11-17(13-18)16-9-6-5-7-10-16/h5-15H,4H2,1-3H3,(H,22,27)(H,25,26)/t14?,15-/m0/s1. The van der Waals surface area contributed by atoms with Gasteiger partial charge in [-0.15, -0.1) is 0 Å². The molecule has 6 heteroatoms. The molecule has 0 heterocycles. The Hall–Kier alpha value is -3.15. The predicted octanol–water partition coefficient (Wildman–Crippen LogP) is 3.78. The first-order valence-corrected chi connectivity index (χ1v) is 8.87. The average Bonchev–Trinajstić information content (AvgIpc) is 2.68. The van der Waals surface area contributed by atoms with E-state index < -0.39 is 23.9 Å². The summed E-state index contributed by atoms with van der Waals surface area (Å²) < 4.78 is 0. The molecular weight excluding hydrogens is 344 g/mol. The SMILES string of the molecule is CCC(C)N(C(=O)N[C@@H](C)C(=O)O)C(=O)c1cccc(-c2ccccc2)c1. The monoisotopic (exact) mass is 368 g/mol. The molecule has 3 amide bonds. The number of carboxylic acid groups (broad SMARTS) is 1. The molecule has 0 aliphatic rings. The second-order valence-corrected chi connectivity index (χ2v) is 6.39. The highest BCUT2D eigenvalue weighted by atomic mass is 16.4. The van der Waals surface area contributed by atoms with Crippen LogP contribution in [0.25, 0.3) is 11.1 Å². The first-order chi connectivity index (χ1) is 12.8. The van der Waals surface area contributed by atoms with Gasteiger partial charge in [0.2, 0.25) is 0 Å². The Balaban J connectivity index is 2.33. The molecule has 2 aromatic carbocycles. The Bertz CT molecular complexity index is 820. The normalized spacial score (nSPS) is 12.7. The number of hydrogen-bond acceptors (Lipinski definition) is 3. The Morgan fingerprint density at radius 1 is 1.00 bits per heavy atom. The van der Waals surface area contributed by atoms with Gasteiger partial charge in [-0.05, 0) is 43.5 Å². The third kappa shape index (κ3) is 4.94. The predicted molar refractivity (Wildman–Crippen MR) is 103 cm³/mol. The highest BCUT2D eigenvalue weighted by molar-refractivity contribution is 6.05. The summed E-state index contributed by atoms with van der Waals surface area (Å²) in [4.78, 5) is 37.7. The summed E-state index contributed by atoms with van der Waals surface area (Å²) in [6.45, 7) is 4.97. The van der Waals surface area contributed by atoms with Crippen molar-refractivity contribution < 1.29 is 19.5 Å². The van der Waals surface area contributed by atoms with Crippen LogP contribution >= 0.6 is 0 Å². The van der Waals surface area contributed by atoms with Gasteiger partial charge in [-0.3, -0.25) is 14.5 Å². The second-order valence-electron chi connectivity index (χ2n) is 6.39. The highest BCUT2D eigenvalue weighted by Gasteiger charge is 2.29. The van der Waals surface area contributed by atoms with E-state index in [2.05, 4.69) is 5.32 Å². The third-order valence-corrected chi connectivity index (χ3v) is 4.40. The van der Waals surface area contributed by atoms with Crippen molar-refractivity contribution in [2.75, 3.05) is 0 Å². The van der Waals surface area contributed by atoms with E-state index in [9.17, 15) is 14.4 Å². The van der Waals surface area contributed by atoms with Crippen molar-refractivity contribution in [3.05, 3.63) is 60.2 Å². The van der Waals surface area contributed by atoms with Crippen molar-refractivity contribution in [2.24, 2.45) is 0 Å². The van der Waals surface area contributed by atoms with Crippen molar-refractivity contribution in [1.29, 1.82) is 0 Å². The number of amides is 3. The lowest BCUT2D eigenvalue weighted by atomic mass is 10.0. The summed E-state index contributed by atoms with van der Waals surface area (Å²) in [5.41, 5.74) is 2.20. The molecule has 142 valence electrons. The van der Waals surface area contributed by atoms with Gasteiger partial charge in [-0.2, -0.15) is 0 Å². The van der Waals surface area contributed by atoms with Crippen molar-refractivity contribution in [3.8, 4) is 11.1 Å². The summed E-state index contributed by atoms with van der Waals surface area (Å²) in [6, 6.07) is 14.5. The summed E-state index contributed by atoms with van der Waals surface area (Å²) in [5.74, 6) is -1.62. The summed E-state index contributed by atoms with van der Waals surface area (Å²) >= 11 is 0. The molecule has 0 saturated carbocycles. The maximum atomic E-state index is 13.0. The zero-order chi connectivity index (χ0) is 20.0. The van der Waals surface area contributed by atoms with Gasteiger partial charge in [0.1, 0.15) is 6.04 Å². The first kappa shape index (κ1) is 20.2. The zero-order valence-corrected chi connectivity index (χ0v) is 15.7. The molecule has 0 bridgehead atoms. The number of urea groups is 1. The number of imide groups is 1. The van der Waals surface area contributed by atoms with E-state index in [4.69, 9.17) is 5.11 Å². The summed E-state index contributed by atoms with van der Waals surface area (Å²) in [7, 11) is 0. The van der Waals surface area contributed by atoms with E-state index in [0.29, 0.717) is 12.0 Å². The molecule has 0 aliphatic carbocycles. The van der Waals surface area contributed by atoms with Gasteiger partial charge in [0.15, 0.2) is 0 Å². The molecule has 0 radical (unpaired) electrons. The molecule has 0 aliphatic heterocycles. The van der Waals surface area contributed by atoms with Crippen LogP contribution in [-0.2, 0) is 4.79 Å². The van der Waals surface area contributed by atoms with Crippen molar-refractivity contribution >= 4 is 17.9 Å². The van der Waals surface area contributed by atoms with Crippen LogP contribution in [0.5, 0.6) is 0 Å². The minimum atomic E-state index is -1.16. The lowest BCUT2D eigenvalue weighted by Gasteiger charge is -2.28. The number of nitrogens with zero attached hydrogens (tertiary/aromatic N) is 1. The van der Waals surface area contributed by atoms with E-state index in [1.807, 2.05) is 43.3 Å². The largest absolute Gasteiger partial charge is 0.480 e. The number of carbonyl (C=O) groups is 3. The fraction of sp³-hybridized carbons (Fsp3) is 0.286. The van der Waals surface area contributed by atoms with Crippen LogP contribution in [0.2, 0.25) is 0 Å². The smallest absolute Gasteiger partial charge is 0.325 e. The number of aliphatic carboxylic acids is 1. The minimum Gasteiger partial charge on any atom is -0.480 e. The Labute approximate surface area is 158 Å². The molecule has 6 nitrogen and oxygen atoms in total. The van der Waals surface area contributed by atoms with Crippen LogP contribution in [-0.4, -0.2) is 40.0 Å². The number of hydrogen-bond donors (Lipinski definition) is 2. The summed E-state index contributed by atoms with van der Waals surface area (Å²) in [5, 5.41) is 11.4. The van der Waals surface area contributed by atoms with Crippen LogP contribution in [0.3, 0.4) is 0 Å². The Kier molecular flexibility index (Phi) is 6.71. The molecular formula is C21H24N2O4. The molecule has 2 atom stereocenters. The first-order valence-electron chi connectivity index (χ1n) is 8.87. The van der Waals surface area contributed by atoms with Gasteiger partial charge in [0, 0.05) is 11.6 Å². The molecule has 27 heavy (non-hydrogen) atoms. The zero-order valence-electron chi connectivity index (χ0n) is 15.7. The Morgan fingerprint density at radius 2 is 1.63 bits per heavy atom. The fourth-order valence-corrected chi connectivity index (χ4v) is 2.59. The highest BCUT2D eigenvalue weighted by Crippen LogP contribution is 2.21. The van der Waals surface area contributed by atoms with Crippen LogP contribution in [0, 0.1) is 0 Å². The van der Waals surface area contributed by atoms with Crippen LogP contribution in [0.15, 0.2) is 54.6 Å². The van der Waals surface area contributed by atoms with Crippen molar-refractivity contribution in [3.63, 3.8) is 0 Å². The van der Waals surface area contributed by atoms with Gasteiger partial charge in [0.25, 0.3) is 5.91 Å². The molecule has 0 aromatic heterocycles. The molecule has 2 aromatic rings. The third-order valence-electron chi connectivity index (χ3n) is 4.40. The van der Waals surface area contributed by atoms with Crippen LogP contribution < -0.4 is 5.32 Å². The van der Waals surface area contributed by atoms with E-state index in [0.717, 1.165) is 16.0 Å². The van der Waals surface area contributed by atoms with Crippen LogP contribution in [0.1, 0.15) is 37.6 Å². The van der Waals surface area contributed by atoms with E-state index in [-0.39, 0.29) is 6.04 Å². The molecule has 1 unspecified atom stereocenters. The van der Waals surface area contributed by atoms with Crippen molar-refractivity contribution in [1.82, 2.24) is 10.2 Å². The van der Waals surface area contributed by atoms with Gasteiger partial charge < -0.3 is 10.4 Å². The Morgan fingerprint density at radius 3 is 2.22 bits per heavy atom. The molecule has 0 fully saturated rings. The maximum Gasteiger partial charge on any atom is 0.325 e. The van der Waals surface area contributed by atoms with Gasteiger partial charge >= 0.3 is 12.0 Å². The van der Waals surface area contributed by atoms with Crippen LogP contribution in [0.4, 0.5) is 4.79 Å². The van der Waals surface area contributed by atoms with Crippen molar-refractivity contribution in [2.45, 2.75) is 39.3 Å². The lowest BCUT2D eigenvalue weighted by molar-refractivity contribution is -0.138. The number of carboxylic acids is 1. The lowest BCUT2D eigenvalue weighted by Crippen LogP contribution is -2.52. The maximum absolute atomic E-state index is 13.0. The van der Waals surface area contributed by atoms with E-state index in [1.54, 1.807) is 25.1 Å². The molecule has 0 saturated heterocycles. The average molecular weight is 368 g/mol. The van der Waals surface area contributed by atoms with Gasteiger partial charge in [-0.25, -0.2) is 4.79 Å². The molecule has 0 spiro atoms. The molecule has 2 N–H and O–H groups in total. The van der Waals surface area contributed by atoms with Gasteiger partial charge in [0.05, 0.1) is 0 Å². The number of carbonyl (C=O) groups excluding carboxylic acids is 2. The van der Waals surface area contributed by atoms with E-state index >= 15 is 0 Å². The number of benzene rings is 2. The molecule has 2 rings (SSSR count). The second kappa shape index (κ2) is 8.98. The van der Waals surface area contributed by atoms with Gasteiger partial charge in [-0.1, -0.05) is 49.4 Å². The summed E-state index contributed by atoms with van der Waals surface area (Å²) in [6.07, 6.45) is 0.555. The quantitative estimate of drug-likeness (QED) is 0.812. The number of rotatable bonds is 6. The minimum absolute atomic E-state index is 0.370.